The van der Waals surface area contributed by atoms with E-state index in [4.69, 9.17) is 17.3 Å². The van der Waals surface area contributed by atoms with Gasteiger partial charge in [0.2, 0.25) is 5.95 Å². The highest BCUT2D eigenvalue weighted by Gasteiger charge is 2.14. The van der Waals surface area contributed by atoms with Crippen molar-refractivity contribution < 1.29 is 8.78 Å². The lowest BCUT2D eigenvalue weighted by Crippen LogP contribution is -2.01. The maximum atomic E-state index is 13.6. The number of nitrogens with two attached hydrogens (primary N) is 1. The zero-order valence-corrected chi connectivity index (χ0v) is 12.2. The highest BCUT2D eigenvalue weighted by atomic mass is 79.9. The molecule has 3 aromatic rings. The van der Waals surface area contributed by atoms with E-state index in [0.29, 0.717) is 16.7 Å². The molecule has 1 heterocycles. The summed E-state index contributed by atoms with van der Waals surface area (Å²) in [5.74, 6) is -0.798. The predicted octanol–water partition coefficient (Wildman–Crippen LogP) is 4.30. The van der Waals surface area contributed by atoms with Crippen LogP contribution in [0.1, 0.15) is 0 Å². The summed E-state index contributed by atoms with van der Waals surface area (Å²) < 4.78 is 28.7. The van der Waals surface area contributed by atoms with E-state index in [1.807, 2.05) is 0 Å². The lowest BCUT2D eigenvalue weighted by atomic mass is 10.2. The second-order valence-electron chi connectivity index (χ2n) is 4.16. The molecule has 0 radical (unpaired) electrons. The van der Waals surface area contributed by atoms with Gasteiger partial charge in [0.15, 0.2) is 0 Å². The smallest absolute Gasteiger partial charge is 0.205 e. The van der Waals surface area contributed by atoms with E-state index in [-0.39, 0.29) is 15.4 Å². The SMILES string of the molecule is Nc1nc2cc(Cl)c(F)cc2n1-c1ccc(F)c(Br)c1. The highest BCUT2D eigenvalue weighted by Crippen LogP contribution is 2.29. The zero-order chi connectivity index (χ0) is 14.4. The van der Waals surface area contributed by atoms with Gasteiger partial charge in [0.25, 0.3) is 0 Å². The van der Waals surface area contributed by atoms with Gasteiger partial charge >= 0.3 is 0 Å². The summed E-state index contributed by atoms with van der Waals surface area (Å²) in [6, 6.07) is 7.01. The Hall–Kier alpha value is -1.66. The van der Waals surface area contributed by atoms with E-state index in [1.165, 1.54) is 28.8 Å². The summed E-state index contributed by atoms with van der Waals surface area (Å²) in [4.78, 5) is 4.12. The molecule has 0 atom stereocenters. The maximum Gasteiger partial charge on any atom is 0.205 e. The summed E-state index contributed by atoms with van der Waals surface area (Å²) >= 11 is 8.82. The Morgan fingerprint density at radius 1 is 1.15 bits per heavy atom. The molecule has 20 heavy (non-hydrogen) atoms. The van der Waals surface area contributed by atoms with Crippen LogP contribution >= 0.6 is 27.5 Å². The van der Waals surface area contributed by atoms with Crippen molar-refractivity contribution in [3.05, 3.63) is 51.5 Å². The average Bonchev–Trinajstić information content (AvgIpc) is 2.69. The zero-order valence-electron chi connectivity index (χ0n) is 9.87. The molecule has 0 aliphatic carbocycles. The van der Waals surface area contributed by atoms with Crippen LogP contribution in [0.5, 0.6) is 0 Å². The largest absolute Gasteiger partial charge is 0.369 e. The van der Waals surface area contributed by atoms with E-state index >= 15 is 0 Å². The number of fused-ring (bicyclic) bond motifs is 1. The molecule has 0 saturated heterocycles. The van der Waals surface area contributed by atoms with Gasteiger partial charge in [0, 0.05) is 6.07 Å². The van der Waals surface area contributed by atoms with Gasteiger partial charge in [-0.05, 0) is 40.2 Å². The molecule has 3 rings (SSSR count). The van der Waals surface area contributed by atoms with E-state index in [2.05, 4.69) is 20.9 Å². The fraction of sp³-hybridized carbons (Fsp3) is 0. The van der Waals surface area contributed by atoms with Crippen molar-refractivity contribution in [2.75, 3.05) is 5.73 Å². The van der Waals surface area contributed by atoms with Gasteiger partial charge in [0.05, 0.1) is 26.2 Å². The predicted molar refractivity (Wildman–Crippen MR) is 78.1 cm³/mol. The molecule has 0 aliphatic heterocycles. The minimum Gasteiger partial charge on any atom is -0.369 e. The second kappa shape index (κ2) is 4.71. The number of hydrogen-bond acceptors (Lipinski definition) is 2. The average molecular weight is 359 g/mol. The Morgan fingerprint density at radius 3 is 2.60 bits per heavy atom. The van der Waals surface area contributed by atoms with Crippen LogP contribution in [-0.4, -0.2) is 9.55 Å². The maximum absolute atomic E-state index is 13.6. The summed E-state index contributed by atoms with van der Waals surface area (Å²) in [6.07, 6.45) is 0. The summed E-state index contributed by atoms with van der Waals surface area (Å²) in [7, 11) is 0. The van der Waals surface area contributed by atoms with Crippen LogP contribution in [0, 0.1) is 11.6 Å². The fourth-order valence-corrected chi connectivity index (χ4v) is 2.51. The van der Waals surface area contributed by atoms with E-state index in [0.717, 1.165) is 0 Å². The second-order valence-corrected chi connectivity index (χ2v) is 5.42. The lowest BCUT2D eigenvalue weighted by Gasteiger charge is -2.07. The third kappa shape index (κ3) is 2.05. The molecular weight excluding hydrogens is 352 g/mol. The lowest BCUT2D eigenvalue weighted by molar-refractivity contribution is 0.620. The van der Waals surface area contributed by atoms with Crippen molar-refractivity contribution in [2.45, 2.75) is 0 Å². The first-order valence-corrected chi connectivity index (χ1v) is 6.73. The molecule has 0 amide bonds. The molecule has 1 aromatic heterocycles. The molecule has 7 heteroatoms. The van der Waals surface area contributed by atoms with Crippen LogP contribution in [0.3, 0.4) is 0 Å². The number of nitrogens with zero attached hydrogens (tertiary/aromatic N) is 2. The molecule has 3 nitrogen and oxygen atoms in total. The van der Waals surface area contributed by atoms with Crippen LogP contribution in [0.15, 0.2) is 34.8 Å². The quantitative estimate of drug-likeness (QED) is 0.705. The number of hydrogen-bond donors (Lipinski definition) is 1. The van der Waals surface area contributed by atoms with Crippen molar-refractivity contribution in [1.29, 1.82) is 0 Å². The Kier molecular flexibility index (Phi) is 3.14. The van der Waals surface area contributed by atoms with Crippen molar-refractivity contribution in [1.82, 2.24) is 9.55 Å². The van der Waals surface area contributed by atoms with Crippen molar-refractivity contribution in [2.24, 2.45) is 0 Å². The Bertz CT molecular complexity index is 832. The third-order valence-corrected chi connectivity index (χ3v) is 3.78. The van der Waals surface area contributed by atoms with Gasteiger partial charge in [-0.1, -0.05) is 11.6 Å². The Morgan fingerprint density at radius 2 is 1.90 bits per heavy atom. The third-order valence-electron chi connectivity index (χ3n) is 2.88. The molecule has 0 unspecified atom stereocenters. The van der Waals surface area contributed by atoms with Crippen molar-refractivity contribution in [3.8, 4) is 5.69 Å². The van der Waals surface area contributed by atoms with Gasteiger partial charge in [-0.2, -0.15) is 0 Å². The number of halogens is 4. The van der Waals surface area contributed by atoms with Gasteiger partial charge < -0.3 is 5.73 Å². The van der Waals surface area contributed by atoms with Crippen LogP contribution in [0.4, 0.5) is 14.7 Å². The molecule has 2 N–H and O–H groups in total. The Balaban J connectivity index is 2.32. The number of benzene rings is 2. The molecular formula is C13H7BrClF2N3. The van der Waals surface area contributed by atoms with Crippen molar-refractivity contribution >= 4 is 44.5 Å². The number of aromatic nitrogens is 2. The van der Waals surface area contributed by atoms with Crippen LogP contribution in [0.2, 0.25) is 5.02 Å². The van der Waals surface area contributed by atoms with E-state index in [9.17, 15) is 8.78 Å². The summed E-state index contributed by atoms with van der Waals surface area (Å²) in [5.41, 5.74) is 7.35. The monoisotopic (exact) mass is 357 g/mol. The van der Waals surface area contributed by atoms with Crippen LogP contribution in [0.25, 0.3) is 16.7 Å². The van der Waals surface area contributed by atoms with Crippen molar-refractivity contribution in [3.63, 3.8) is 0 Å². The number of nitrogen functional groups attached to an aromatic ring is 1. The molecule has 0 saturated carbocycles. The van der Waals surface area contributed by atoms with Gasteiger partial charge in [-0.3, -0.25) is 4.57 Å². The van der Waals surface area contributed by atoms with Gasteiger partial charge in [-0.25, -0.2) is 13.8 Å². The molecule has 2 aromatic carbocycles. The fourth-order valence-electron chi connectivity index (χ4n) is 1.99. The van der Waals surface area contributed by atoms with E-state index in [1.54, 1.807) is 6.07 Å². The minimum absolute atomic E-state index is 0.0255. The highest BCUT2D eigenvalue weighted by molar-refractivity contribution is 9.10. The molecule has 0 aliphatic rings. The first-order valence-electron chi connectivity index (χ1n) is 5.56. The standard InChI is InChI=1S/C13H7BrClF2N3/c14-7-3-6(1-2-9(7)16)20-12-5-10(17)8(15)4-11(12)19-13(20)18/h1-5H,(H2,18,19). The van der Waals surface area contributed by atoms with E-state index < -0.39 is 11.6 Å². The normalized spacial score (nSPS) is 11.2. The molecule has 102 valence electrons. The summed E-state index contributed by atoms with van der Waals surface area (Å²) in [5, 5.41) is -0.0255. The van der Waals surface area contributed by atoms with Crippen LogP contribution in [-0.2, 0) is 0 Å². The first kappa shape index (κ1) is 13.3. The molecule has 0 spiro atoms. The topological polar surface area (TPSA) is 43.8 Å². The molecule has 0 fully saturated rings. The summed E-state index contributed by atoms with van der Waals surface area (Å²) in [6.45, 7) is 0. The Labute approximate surface area is 126 Å². The number of imidazole rings is 1. The van der Waals surface area contributed by atoms with Gasteiger partial charge in [-0.15, -0.1) is 0 Å². The molecule has 0 bridgehead atoms. The number of anilines is 1. The minimum atomic E-state index is -0.568. The number of rotatable bonds is 1. The van der Waals surface area contributed by atoms with Crippen LogP contribution < -0.4 is 5.73 Å². The van der Waals surface area contributed by atoms with Gasteiger partial charge in [0.1, 0.15) is 11.6 Å². The first-order chi connectivity index (χ1) is 9.47.